The summed E-state index contributed by atoms with van der Waals surface area (Å²) in [4.78, 5) is 0. The number of benzene rings is 1. The third kappa shape index (κ3) is 1.64. The SMILES string of the molecule is C=C(C)c1cccc2c1C[B]C(C)C2. The first-order valence-corrected chi connectivity index (χ1v) is 5.28. The third-order valence-corrected chi connectivity index (χ3v) is 3.00. The Morgan fingerprint density at radius 1 is 1.50 bits per heavy atom. The largest absolute Gasteiger partial charge is 0.119 e. The summed E-state index contributed by atoms with van der Waals surface area (Å²) in [6.45, 7) is 8.42. The van der Waals surface area contributed by atoms with Crippen molar-refractivity contribution in [1.29, 1.82) is 0 Å². The van der Waals surface area contributed by atoms with Crippen LogP contribution in [0.15, 0.2) is 24.8 Å². The number of allylic oxidation sites excluding steroid dienone is 1. The van der Waals surface area contributed by atoms with Gasteiger partial charge in [-0.2, -0.15) is 0 Å². The van der Waals surface area contributed by atoms with Crippen molar-refractivity contribution in [3.05, 3.63) is 41.5 Å². The lowest BCUT2D eigenvalue weighted by Gasteiger charge is -2.23. The quantitative estimate of drug-likeness (QED) is 0.586. The van der Waals surface area contributed by atoms with Gasteiger partial charge in [-0.1, -0.05) is 49.4 Å². The summed E-state index contributed by atoms with van der Waals surface area (Å²) in [6.07, 6.45) is 2.30. The van der Waals surface area contributed by atoms with Crippen LogP contribution in [-0.4, -0.2) is 7.28 Å². The van der Waals surface area contributed by atoms with Gasteiger partial charge < -0.3 is 0 Å². The Kier molecular flexibility index (Phi) is 2.49. The first-order valence-electron chi connectivity index (χ1n) is 5.28. The molecule has 0 bridgehead atoms. The van der Waals surface area contributed by atoms with Crippen molar-refractivity contribution in [3.8, 4) is 0 Å². The van der Waals surface area contributed by atoms with Gasteiger partial charge in [-0.05, 0) is 30.0 Å². The van der Waals surface area contributed by atoms with Gasteiger partial charge in [0, 0.05) is 0 Å². The maximum absolute atomic E-state index is 4.04. The van der Waals surface area contributed by atoms with Gasteiger partial charge in [0.2, 0.25) is 0 Å². The topological polar surface area (TPSA) is 0 Å². The van der Waals surface area contributed by atoms with E-state index in [0.29, 0.717) is 0 Å². The molecule has 0 spiro atoms. The van der Waals surface area contributed by atoms with E-state index in [0.717, 1.165) is 12.1 Å². The van der Waals surface area contributed by atoms with Gasteiger partial charge in [-0.3, -0.25) is 0 Å². The monoisotopic (exact) mass is 183 g/mol. The van der Waals surface area contributed by atoms with Crippen LogP contribution in [0.5, 0.6) is 0 Å². The molecule has 0 aliphatic carbocycles. The lowest BCUT2D eigenvalue weighted by molar-refractivity contribution is 0.861. The predicted octanol–water partition coefficient (Wildman–Crippen LogP) is 3.29. The van der Waals surface area contributed by atoms with Crippen LogP contribution in [-0.2, 0) is 12.7 Å². The van der Waals surface area contributed by atoms with Crippen LogP contribution in [0.2, 0.25) is 5.82 Å². The Labute approximate surface area is 87.3 Å². The molecule has 1 radical (unpaired) electrons. The van der Waals surface area contributed by atoms with Crippen LogP contribution < -0.4 is 0 Å². The molecular formula is C13H16B. The molecule has 1 unspecified atom stereocenters. The molecule has 0 N–H and O–H groups in total. The molecule has 0 saturated heterocycles. The minimum Gasteiger partial charge on any atom is -0.0955 e. The van der Waals surface area contributed by atoms with Gasteiger partial charge in [0.05, 0.1) is 0 Å². The number of hydrogen-bond acceptors (Lipinski definition) is 0. The highest BCUT2D eigenvalue weighted by Crippen LogP contribution is 2.29. The molecule has 14 heavy (non-hydrogen) atoms. The van der Waals surface area contributed by atoms with Crippen molar-refractivity contribution in [2.45, 2.75) is 32.4 Å². The Morgan fingerprint density at radius 2 is 2.29 bits per heavy atom. The number of hydrogen-bond donors (Lipinski definition) is 0. The summed E-state index contributed by atoms with van der Waals surface area (Å²) in [5, 5.41) is 0. The van der Waals surface area contributed by atoms with E-state index in [2.05, 4.69) is 45.9 Å². The van der Waals surface area contributed by atoms with Gasteiger partial charge in [0.25, 0.3) is 0 Å². The van der Waals surface area contributed by atoms with Crippen molar-refractivity contribution in [1.82, 2.24) is 0 Å². The minimum absolute atomic E-state index is 0.725. The average Bonchev–Trinajstić information content (AvgIpc) is 2.16. The summed E-state index contributed by atoms with van der Waals surface area (Å²) in [5.41, 5.74) is 5.55. The molecule has 2 rings (SSSR count). The van der Waals surface area contributed by atoms with Gasteiger partial charge in [-0.15, -0.1) is 0 Å². The Bertz CT molecular complexity index is 365. The highest BCUT2D eigenvalue weighted by atomic mass is 14.1. The summed E-state index contributed by atoms with van der Waals surface area (Å²) in [6, 6.07) is 6.59. The van der Waals surface area contributed by atoms with E-state index >= 15 is 0 Å². The van der Waals surface area contributed by atoms with Gasteiger partial charge in [0.1, 0.15) is 7.28 Å². The van der Waals surface area contributed by atoms with Crippen molar-refractivity contribution < 1.29 is 0 Å². The second kappa shape index (κ2) is 3.64. The zero-order chi connectivity index (χ0) is 10.1. The van der Waals surface area contributed by atoms with Crippen LogP contribution in [0.25, 0.3) is 5.57 Å². The molecule has 0 saturated carbocycles. The Balaban J connectivity index is 2.46. The third-order valence-electron chi connectivity index (χ3n) is 3.00. The first kappa shape index (κ1) is 9.58. The normalized spacial score (nSPS) is 19.7. The van der Waals surface area contributed by atoms with Crippen molar-refractivity contribution in [3.63, 3.8) is 0 Å². The fourth-order valence-corrected chi connectivity index (χ4v) is 2.22. The summed E-state index contributed by atoms with van der Waals surface area (Å²) in [5.74, 6) is 0.725. The van der Waals surface area contributed by atoms with Gasteiger partial charge in [0.15, 0.2) is 0 Å². The maximum atomic E-state index is 4.04. The van der Waals surface area contributed by atoms with Gasteiger partial charge in [-0.25, -0.2) is 0 Å². The summed E-state index contributed by atoms with van der Waals surface area (Å²) >= 11 is 0. The van der Waals surface area contributed by atoms with Crippen LogP contribution >= 0.6 is 0 Å². The van der Waals surface area contributed by atoms with Crippen molar-refractivity contribution in [2.75, 3.05) is 0 Å². The zero-order valence-corrected chi connectivity index (χ0v) is 9.01. The van der Waals surface area contributed by atoms with Crippen LogP contribution in [0.4, 0.5) is 0 Å². The highest BCUT2D eigenvalue weighted by molar-refractivity contribution is 6.37. The molecule has 0 aromatic heterocycles. The molecule has 0 nitrogen and oxygen atoms in total. The second-order valence-corrected chi connectivity index (χ2v) is 4.34. The number of rotatable bonds is 1. The standard InChI is InChI=1S/C13H16B/c1-9(2)12-6-4-5-11-7-10(3)14-8-13(11)12/h4-6,10H,1,7-8H2,2-3H3. The molecule has 1 aliphatic heterocycles. The van der Waals surface area contributed by atoms with E-state index < -0.39 is 0 Å². The highest BCUT2D eigenvalue weighted by Gasteiger charge is 2.18. The van der Waals surface area contributed by atoms with Crippen molar-refractivity contribution in [2.24, 2.45) is 0 Å². The van der Waals surface area contributed by atoms with E-state index in [1.54, 1.807) is 0 Å². The van der Waals surface area contributed by atoms with E-state index in [1.807, 2.05) is 0 Å². The molecule has 1 heterocycles. The van der Waals surface area contributed by atoms with Crippen molar-refractivity contribution >= 4 is 12.9 Å². The first-order chi connectivity index (χ1) is 6.68. The molecule has 1 aromatic rings. The molecule has 1 aliphatic rings. The maximum Gasteiger partial charge on any atom is 0.119 e. The van der Waals surface area contributed by atoms with E-state index in [4.69, 9.17) is 0 Å². The van der Waals surface area contributed by atoms with E-state index in [9.17, 15) is 0 Å². The molecule has 0 fully saturated rings. The fourth-order valence-electron chi connectivity index (χ4n) is 2.22. The van der Waals surface area contributed by atoms with Crippen LogP contribution in [0.1, 0.15) is 30.5 Å². The van der Waals surface area contributed by atoms with Crippen LogP contribution in [0, 0.1) is 0 Å². The molecular weight excluding hydrogens is 167 g/mol. The molecule has 71 valence electrons. The molecule has 1 atom stereocenters. The molecule has 1 heteroatoms. The van der Waals surface area contributed by atoms with E-state index in [1.165, 1.54) is 28.7 Å². The van der Waals surface area contributed by atoms with Crippen LogP contribution in [0.3, 0.4) is 0 Å². The fraction of sp³-hybridized carbons (Fsp3) is 0.385. The van der Waals surface area contributed by atoms with Gasteiger partial charge >= 0.3 is 0 Å². The molecule has 0 amide bonds. The predicted molar refractivity (Wildman–Crippen MR) is 63.7 cm³/mol. The van der Waals surface area contributed by atoms with E-state index in [-0.39, 0.29) is 0 Å². The zero-order valence-electron chi connectivity index (χ0n) is 9.01. The lowest BCUT2D eigenvalue weighted by Crippen LogP contribution is -2.16. The summed E-state index contributed by atoms with van der Waals surface area (Å²) < 4.78 is 0. The Hall–Kier alpha value is -0.975. The smallest absolute Gasteiger partial charge is 0.0955 e. The minimum atomic E-state index is 0.725. The second-order valence-electron chi connectivity index (χ2n) is 4.34. The number of fused-ring (bicyclic) bond motifs is 1. The summed E-state index contributed by atoms with van der Waals surface area (Å²) in [7, 11) is 2.41. The lowest BCUT2D eigenvalue weighted by atomic mass is 9.54. The average molecular weight is 183 g/mol. The Morgan fingerprint density at radius 3 is 3.00 bits per heavy atom. The molecule has 1 aromatic carbocycles.